The van der Waals surface area contributed by atoms with E-state index in [0.29, 0.717) is 23.4 Å². The van der Waals surface area contributed by atoms with Crippen molar-refractivity contribution in [3.63, 3.8) is 0 Å². The largest absolute Gasteiger partial charge is 0.497 e. The van der Waals surface area contributed by atoms with Gasteiger partial charge in [-0.15, -0.1) is 0 Å². The minimum absolute atomic E-state index is 0.174. The Bertz CT molecular complexity index is 390. The van der Waals surface area contributed by atoms with Gasteiger partial charge < -0.3 is 20.3 Å². The second-order valence-electron chi connectivity index (χ2n) is 3.77. The van der Waals surface area contributed by atoms with Crippen molar-refractivity contribution in [3.05, 3.63) is 23.8 Å². The van der Waals surface area contributed by atoms with Crippen LogP contribution in [0.5, 0.6) is 5.75 Å². The Kier molecular flexibility index (Phi) is 4.78. The van der Waals surface area contributed by atoms with Crippen LogP contribution in [0.15, 0.2) is 18.2 Å². The zero-order chi connectivity index (χ0) is 12.8. The van der Waals surface area contributed by atoms with Crippen LogP contribution in [-0.2, 0) is 4.74 Å². The second-order valence-corrected chi connectivity index (χ2v) is 3.77. The molecule has 0 saturated carbocycles. The number of hydrogen-bond acceptors (Lipinski definition) is 5. The first-order chi connectivity index (χ1) is 8.02. The van der Waals surface area contributed by atoms with Gasteiger partial charge in [-0.25, -0.2) is 4.79 Å². The highest BCUT2D eigenvalue weighted by Gasteiger charge is 2.10. The van der Waals surface area contributed by atoms with Crippen LogP contribution in [0, 0.1) is 0 Å². The minimum Gasteiger partial charge on any atom is -0.497 e. The van der Waals surface area contributed by atoms with Gasteiger partial charge in [-0.3, -0.25) is 0 Å². The van der Waals surface area contributed by atoms with Gasteiger partial charge in [0, 0.05) is 18.2 Å². The van der Waals surface area contributed by atoms with E-state index >= 15 is 0 Å². The molecule has 0 aliphatic carbocycles. The molecule has 0 aromatic heterocycles. The lowest BCUT2D eigenvalue weighted by Crippen LogP contribution is -2.11. The van der Waals surface area contributed by atoms with Crippen LogP contribution in [0.1, 0.15) is 23.7 Å². The van der Waals surface area contributed by atoms with Gasteiger partial charge in [-0.1, -0.05) is 0 Å². The summed E-state index contributed by atoms with van der Waals surface area (Å²) in [5.74, 6) is 0.0312. The van der Waals surface area contributed by atoms with E-state index in [-0.39, 0.29) is 6.61 Å². The van der Waals surface area contributed by atoms with Crippen molar-refractivity contribution >= 4 is 11.7 Å². The summed E-state index contributed by atoms with van der Waals surface area (Å²) in [6, 6.07) is 4.70. The molecule has 1 rings (SSSR count). The molecule has 0 saturated heterocycles. The fourth-order valence-electron chi connectivity index (χ4n) is 1.26. The van der Waals surface area contributed by atoms with Crippen LogP contribution in [-0.4, -0.2) is 30.9 Å². The Morgan fingerprint density at radius 2 is 2.18 bits per heavy atom. The van der Waals surface area contributed by atoms with E-state index in [0.717, 1.165) is 0 Å². The summed E-state index contributed by atoms with van der Waals surface area (Å²) < 4.78 is 9.98. The predicted molar refractivity (Wildman–Crippen MR) is 64.0 cm³/mol. The number of anilines is 1. The standard InChI is InChI=1S/C12H17NO4/c1-8(14)3-4-17-12(15)9-5-10(13)7-11(6-9)16-2/h5-8,14H,3-4,13H2,1-2H3. The second kappa shape index (κ2) is 6.10. The van der Waals surface area contributed by atoms with Crippen molar-refractivity contribution in [2.45, 2.75) is 19.4 Å². The number of aliphatic hydroxyl groups is 1. The van der Waals surface area contributed by atoms with Gasteiger partial charge in [0.2, 0.25) is 0 Å². The van der Waals surface area contributed by atoms with Gasteiger partial charge in [-0.05, 0) is 19.1 Å². The van der Waals surface area contributed by atoms with Crippen molar-refractivity contribution in [1.82, 2.24) is 0 Å². The number of esters is 1. The molecule has 0 amide bonds. The number of methoxy groups -OCH3 is 1. The quantitative estimate of drug-likeness (QED) is 0.596. The Balaban J connectivity index is 2.65. The third kappa shape index (κ3) is 4.32. The van der Waals surface area contributed by atoms with E-state index in [9.17, 15) is 4.79 Å². The average Bonchev–Trinajstić information content (AvgIpc) is 2.27. The first kappa shape index (κ1) is 13.3. The number of ether oxygens (including phenoxy) is 2. The van der Waals surface area contributed by atoms with Crippen LogP contribution in [0.25, 0.3) is 0 Å². The summed E-state index contributed by atoms with van der Waals surface area (Å²) in [6.07, 6.45) is -0.0799. The van der Waals surface area contributed by atoms with Gasteiger partial charge in [0.05, 0.1) is 25.4 Å². The molecule has 0 fully saturated rings. The third-order valence-corrected chi connectivity index (χ3v) is 2.17. The SMILES string of the molecule is COc1cc(N)cc(C(=O)OCCC(C)O)c1. The minimum atomic E-state index is -0.488. The number of rotatable bonds is 5. The Morgan fingerprint density at radius 3 is 2.76 bits per heavy atom. The molecule has 17 heavy (non-hydrogen) atoms. The first-order valence-electron chi connectivity index (χ1n) is 5.32. The fourth-order valence-corrected chi connectivity index (χ4v) is 1.26. The number of nitrogens with two attached hydrogens (primary N) is 1. The molecule has 94 valence electrons. The van der Waals surface area contributed by atoms with Gasteiger partial charge in [-0.2, -0.15) is 0 Å². The van der Waals surface area contributed by atoms with Crippen molar-refractivity contribution in [2.24, 2.45) is 0 Å². The van der Waals surface area contributed by atoms with Crippen molar-refractivity contribution in [3.8, 4) is 5.75 Å². The van der Waals surface area contributed by atoms with E-state index in [1.54, 1.807) is 19.1 Å². The molecular weight excluding hydrogens is 222 g/mol. The maximum Gasteiger partial charge on any atom is 0.338 e. The van der Waals surface area contributed by atoms with E-state index in [1.165, 1.54) is 13.2 Å². The molecule has 0 aliphatic heterocycles. The summed E-state index contributed by atoms with van der Waals surface area (Å²) >= 11 is 0. The molecule has 0 bridgehead atoms. The molecule has 0 spiro atoms. The highest BCUT2D eigenvalue weighted by atomic mass is 16.5. The molecule has 5 nitrogen and oxygen atoms in total. The highest BCUT2D eigenvalue weighted by molar-refractivity contribution is 5.91. The number of carbonyl (C=O) groups excluding carboxylic acids is 1. The van der Waals surface area contributed by atoms with Crippen LogP contribution in [0.2, 0.25) is 0 Å². The zero-order valence-electron chi connectivity index (χ0n) is 9.97. The van der Waals surface area contributed by atoms with Crippen LogP contribution in [0.4, 0.5) is 5.69 Å². The van der Waals surface area contributed by atoms with Gasteiger partial charge in [0.15, 0.2) is 0 Å². The molecule has 0 aliphatic rings. The maximum atomic E-state index is 11.6. The van der Waals surface area contributed by atoms with Crippen molar-refractivity contribution in [2.75, 3.05) is 19.5 Å². The fraction of sp³-hybridized carbons (Fsp3) is 0.417. The van der Waals surface area contributed by atoms with E-state index in [2.05, 4.69) is 0 Å². The normalized spacial score (nSPS) is 11.9. The van der Waals surface area contributed by atoms with E-state index in [4.69, 9.17) is 20.3 Å². The van der Waals surface area contributed by atoms with Crippen molar-refractivity contribution < 1.29 is 19.4 Å². The summed E-state index contributed by atoms with van der Waals surface area (Å²) in [5.41, 5.74) is 6.40. The molecule has 0 radical (unpaired) electrons. The lowest BCUT2D eigenvalue weighted by molar-refractivity contribution is 0.0444. The third-order valence-electron chi connectivity index (χ3n) is 2.17. The zero-order valence-corrected chi connectivity index (χ0v) is 9.97. The predicted octanol–water partition coefficient (Wildman–Crippen LogP) is 1.21. The van der Waals surface area contributed by atoms with Crippen LogP contribution in [0.3, 0.4) is 0 Å². The maximum absolute atomic E-state index is 11.6. The monoisotopic (exact) mass is 239 g/mol. The topological polar surface area (TPSA) is 81.8 Å². The average molecular weight is 239 g/mol. The summed E-state index contributed by atoms with van der Waals surface area (Å²) in [7, 11) is 1.50. The van der Waals surface area contributed by atoms with E-state index in [1.807, 2.05) is 0 Å². The molecule has 1 unspecified atom stereocenters. The van der Waals surface area contributed by atoms with Gasteiger partial charge in [0.1, 0.15) is 5.75 Å². The summed E-state index contributed by atoms with van der Waals surface area (Å²) in [4.78, 5) is 11.6. The van der Waals surface area contributed by atoms with Crippen LogP contribution >= 0.6 is 0 Å². The van der Waals surface area contributed by atoms with Crippen LogP contribution < -0.4 is 10.5 Å². The highest BCUT2D eigenvalue weighted by Crippen LogP contribution is 2.19. The van der Waals surface area contributed by atoms with Gasteiger partial charge >= 0.3 is 5.97 Å². The number of hydrogen-bond donors (Lipinski definition) is 2. The van der Waals surface area contributed by atoms with Gasteiger partial charge in [0.25, 0.3) is 0 Å². The number of carbonyl (C=O) groups is 1. The molecule has 1 atom stereocenters. The van der Waals surface area contributed by atoms with Crippen molar-refractivity contribution in [1.29, 1.82) is 0 Å². The molecular formula is C12H17NO4. The summed E-state index contributed by atoms with van der Waals surface area (Å²) in [5, 5.41) is 9.03. The lowest BCUT2D eigenvalue weighted by Gasteiger charge is -2.08. The smallest absolute Gasteiger partial charge is 0.338 e. The molecule has 0 heterocycles. The van der Waals surface area contributed by atoms with E-state index < -0.39 is 12.1 Å². The first-order valence-corrected chi connectivity index (χ1v) is 5.32. The molecule has 1 aromatic rings. The Labute approximate surface area is 100 Å². The molecule has 1 aromatic carbocycles. The lowest BCUT2D eigenvalue weighted by atomic mass is 10.2. The number of aliphatic hydroxyl groups excluding tert-OH is 1. The number of nitrogen functional groups attached to an aromatic ring is 1. The molecule has 5 heteroatoms. The number of benzene rings is 1. The molecule has 3 N–H and O–H groups in total. The Hall–Kier alpha value is -1.75. The Morgan fingerprint density at radius 1 is 1.47 bits per heavy atom. The summed E-state index contributed by atoms with van der Waals surface area (Å²) in [6.45, 7) is 1.81.